The molecule has 0 aliphatic heterocycles. The largest absolute Gasteiger partial charge is 0.399 e. The van der Waals surface area contributed by atoms with Crippen molar-refractivity contribution in [1.29, 1.82) is 0 Å². The summed E-state index contributed by atoms with van der Waals surface area (Å²) in [5.41, 5.74) is 9.54. The Morgan fingerprint density at radius 3 is 2.35 bits per heavy atom. The molecule has 2 nitrogen and oxygen atoms in total. The third kappa shape index (κ3) is 2.56. The van der Waals surface area contributed by atoms with Crippen LogP contribution in [0.5, 0.6) is 0 Å². The van der Waals surface area contributed by atoms with Gasteiger partial charge in [0.15, 0.2) is 0 Å². The maximum Gasteiger partial charge on any atom is 0.148 e. The van der Waals surface area contributed by atoms with Crippen LogP contribution in [0.4, 0.5) is 21.5 Å². The molecule has 0 aliphatic rings. The van der Waals surface area contributed by atoms with Crippen LogP contribution in [0, 0.1) is 19.7 Å². The minimum absolute atomic E-state index is 0.343. The second-order valence-electron chi connectivity index (χ2n) is 4.18. The summed E-state index contributed by atoms with van der Waals surface area (Å²) < 4.78 is 13.6. The lowest BCUT2D eigenvalue weighted by Crippen LogP contribution is -1.97. The van der Waals surface area contributed by atoms with Gasteiger partial charge in [0.1, 0.15) is 5.82 Å². The Morgan fingerprint density at radius 2 is 1.71 bits per heavy atom. The summed E-state index contributed by atoms with van der Waals surface area (Å²) in [4.78, 5) is 0. The lowest BCUT2D eigenvalue weighted by Gasteiger charge is -2.11. The van der Waals surface area contributed by atoms with Crippen molar-refractivity contribution in [1.82, 2.24) is 0 Å². The summed E-state index contributed by atoms with van der Waals surface area (Å²) in [7, 11) is 0. The number of anilines is 3. The molecule has 0 amide bonds. The minimum Gasteiger partial charge on any atom is -0.399 e. The first kappa shape index (κ1) is 11.5. The average molecular weight is 230 g/mol. The number of nitrogens with two attached hydrogens (primary N) is 1. The zero-order valence-electron chi connectivity index (χ0n) is 9.92. The molecule has 0 atom stereocenters. The van der Waals surface area contributed by atoms with E-state index in [9.17, 15) is 4.39 Å². The van der Waals surface area contributed by atoms with Gasteiger partial charge in [-0.3, -0.25) is 0 Å². The van der Waals surface area contributed by atoms with Crippen LogP contribution in [-0.4, -0.2) is 0 Å². The molecule has 0 bridgehead atoms. The highest BCUT2D eigenvalue weighted by Crippen LogP contribution is 2.24. The Bertz CT molecular complexity index is 500. The number of hydrogen-bond donors (Lipinski definition) is 2. The second kappa shape index (κ2) is 4.45. The molecular formula is C14H15FN2. The third-order valence-electron chi connectivity index (χ3n) is 2.64. The first-order chi connectivity index (χ1) is 8.06. The Labute approximate surface area is 100 Å². The number of hydrogen-bond acceptors (Lipinski definition) is 2. The Morgan fingerprint density at radius 1 is 1.00 bits per heavy atom. The Kier molecular flexibility index (Phi) is 3.00. The van der Waals surface area contributed by atoms with E-state index in [1.54, 1.807) is 12.1 Å². The fraction of sp³-hybridized carbons (Fsp3) is 0.143. The monoisotopic (exact) mass is 230 g/mol. The van der Waals surface area contributed by atoms with E-state index in [4.69, 9.17) is 5.73 Å². The van der Waals surface area contributed by atoms with Crippen molar-refractivity contribution in [3.8, 4) is 0 Å². The smallest absolute Gasteiger partial charge is 0.148 e. The van der Waals surface area contributed by atoms with Crippen LogP contribution in [0.2, 0.25) is 0 Å². The van der Waals surface area contributed by atoms with E-state index in [1.807, 2.05) is 26.0 Å². The Hall–Kier alpha value is -2.03. The van der Waals surface area contributed by atoms with E-state index in [0.29, 0.717) is 11.4 Å². The Balaban J connectivity index is 2.31. The van der Waals surface area contributed by atoms with E-state index in [0.717, 1.165) is 11.3 Å². The summed E-state index contributed by atoms with van der Waals surface area (Å²) in [6.07, 6.45) is 0. The number of aryl methyl sites for hydroxylation is 2. The van der Waals surface area contributed by atoms with Gasteiger partial charge < -0.3 is 11.1 Å². The molecule has 0 saturated carbocycles. The number of nitrogen functional groups attached to an aromatic ring is 1. The van der Waals surface area contributed by atoms with Gasteiger partial charge in [-0.15, -0.1) is 0 Å². The van der Waals surface area contributed by atoms with Crippen LogP contribution in [0.25, 0.3) is 0 Å². The van der Waals surface area contributed by atoms with Gasteiger partial charge in [0, 0.05) is 11.4 Å². The van der Waals surface area contributed by atoms with Gasteiger partial charge in [0.05, 0.1) is 5.69 Å². The summed E-state index contributed by atoms with van der Waals surface area (Å²) >= 11 is 0. The first-order valence-corrected chi connectivity index (χ1v) is 5.45. The fourth-order valence-electron chi connectivity index (χ4n) is 1.73. The standard InChI is InChI=1S/C14H15FN2/c1-9-3-5-13(10(2)7-9)17-14-6-4-11(16)8-12(14)15/h3-8,17H,16H2,1-2H3. The van der Waals surface area contributed by atoms with Gasteiger partial charge in [-0.2, -0.15) is 0 Å². The molecular weight excluding hydrogens is 215 g/mol. The van der Waals surface area contributed by atoms with Crippen molar-refractivity contribution in [3.05, 3.63) is 53.3 Å². The van der Waals surface area contributed by atoms with Crippen LogP contribution in [0.1, 0.15) is 11.1 Å². The van der Waals surface area contributed by atoms with E-state index in [2.05, 4.69) is 11.4 Å². The van der Waals surface area contributed by atoms with Gasteiger partial charge in [0.25, 0.3) is 0 Å². The quantitative estimate of drug-likeness (QED) is 0.771. The van der Waals surface area contributed by atoms with Crippen LogP contribution in [0.15, 0.2) is 36.4 Å². The van der Waals surface area contributed by atoms with Crippen molar-refractivity contribution < 1.29 is 4.39 Å². The molecule has 3 heteroatoms. The summed E-state index contributed by atoms with van der Waals surface area (Å²) in [6.45, 7) is 4.02. The van der Waals surface area contributed by atoms with Crippen molar-refractivity contribution in [2.75, 3.05) is 11.1 Å². The number of halogens is 1. The zero-order valence-corrected chi connectivity index (χ0v) is 9.92. The molecule has 2 rings (SSSR count). The number of rotatable bonds is 2. The van der Waals surface area contributed by atoms with Crippen molar-refractivity contribution in [2.45, 2.75) is 13.8 Å². The first-order valence-electron chi connectivity index (χ1n) is 5.45. The molecule has 0 spiro atoms. The SMILES string of the molecule is Cc1ccc(Nc2ccc(N)cc2F)c(C)c1. The molecule has 0 unspecified atom stereocenters. The van der Waals surface area contributed by atoms with E-state index >= 15 is 0 Å². The zero-order chi connectivity index (χ0) is 12.4. The van der Waals surface area contributed by atoms with Crippen molar-refractivity contribution in [2.24, 2.45) is 0 Å². The van der Waals surface area contributed by atoms with Crippen molar-refractivity contribution >= 4 is 17.1 Å². The molecule has 2 aromatic carbocycles. The summed E-state index contributed by atoms with van der Waals surface area (Å²) in [5.74, 6) is -0.343. The number of nitrogens with one attached hydrogen (secondary N) is 1. The average Bonchev–Trinajstić information content (AvgIpc) is 2.25. The highest BCUT2D eigenvalue weighted by molar-refractivity contribution is 5.65. The predicted octanol–water partition coefficient (Wildman–Crippen LogP) is 3.77. The lowest BCUT2D eigenvalue weighted by molar-refractivity contribution is 0.632. The van der Waals surface area contributed by atoms with Gasteiger partial charge in [-0.1, -0.05) is 17.7 Å². The molecule has 0 heterocycles. The van der Waals surface area contributed by atoms with Gasteiger partial charge >= 0.3 is 0 Å². The fourth-order valence-corrected chi connectivity index (χ4v) is 1.73. The molecule has 0 fully saturated rings. The molecule has 0 aliphatic carbocycles. The molecule has 17 heavy (non-hydrogen) atoms. The molecule has 0 radical (unpaired) electrons. The summed E-state index contributed by atoms with van der Waals surface area (Å²) in [6, 6.07) is 10.6. The molecule has 88 valence electrons. The summed E-state index contributed by atoms with van der Waals surface area (Å²) in [5, 5.41) is 3.06. The highest BCUT2D eigenvalue weighted by Gasteiger charge is 2.04. The molecule has 0 aromatic heterocycles. The molecule has 0 saturated heterocycles. The predicted molar refractivity (Wildman–Crippen MR) is 70.0 cm³/mol. The molecule has 2 aromatic rings. The maximum absolute atomic E-state index is 13.6. The van der Waals surface area contributed by atoms with Crippen LogP contribution < -0.4 is 11.1 Å². The lowest BCUT2D eigenvalue weighted by atomic mass is 10.1. The highest BCUT2D eigenvalue weighted by atomic mass is 19.1. The topological polar surface area (TPSA) is 38.0 Å². The maximum atomic E-state index is 13.6. The van der Waals surface area contributed by atoms with Crippen molar-refractivity contribution in [3.63, 3.8) is 0 Å². The minimum atomic E-state index is -0.343. The normalized spacial score (nSPS) is 10.3. The van der Waals surface area contributed by atoms with E-state index < -0.39 is 0 Å². The van der Waals surface area contributed by atoms with Gasteiger partial charge in [-0.25, -0.2) is 4.39 Å². The van der Waals surface area contributed by atoms with Crippen LogP contribution in [-0.2, 0) is 0 Å². The van der Waals surface area contributed by atoms with E-state index in [-0.39, 0.29) is 5.82 Å². The number of benzene rings is 2. The van der Waals surface area contributed by atoms with Gasteiger partial charge in [-0.05, 0) is 43.7 Å². The van der Waals surface area contributed by atoms with Crippen LogP contribution >= 0.6 is 0 Å². The van der Waals surface area contributed by atoms with E-state index in [1.165, 1.54) is 11.6 Å². The molecule has 3 N–H and O–H groups in total. The second-order valence-corrected chi connectivity index (χ2v) is 4.18. The van der Waals surface area contributed by atoms with Crippen LogP contribution in [0.3, 0.4) is 0 Å². The van der Waals surface area contributed by atoms with Gasteiger partial charge in [0.2, 0.25) is 0 Å². The third-order valence-corrected chi connectivity index (χ3v) is 2.64.